The fourth-order valence-electron chi connectivity index (χ4n) is 1.71. The van der Waals surface area contributed by atoms with E-state index in [2.05, 4.69) is 55.2 Å². The summed E-state index contributed by atoms with van der Waals surface area (Å²) in [6.45, 7) is 9.74. The number of nitrogens with one attached hydrogen (secondary N) is 1. The van der Waals surface area contributed by atoms with Gasteiger partial charge in [-0.25, -0.2) is 0 Å². The van der Waals surface area contributed by atoms with Crippen molar-refractivity contribution in [3.8, 4) is 0 Å². The molecule has 0 amide bonds. The molecule has 1 aromatic carbocycles. The zero-order valence-electron chi connectivity index (χ0n) is 12.0. The average Bonchev–Trinajstić information content (AvgIpc) is 2.46. The summed E-state index contributed by atoms with van der Waals surface area (Å²) in [5.41, 5.74) is 2.51. The largest absolute Gasteiger partial charge is 0.309 e. The molecule has 0 radical (unpaired) electrons. The molecule has 98 valence electrons. The van der Waals surface area contributed by atoms with Gasteiger partial charge >= 0.3 is 0 Å². The zero-order chi connectivity index (χ0) is 13.8. The maximum atomic E-state index is 3.69. The standard InChI is InChI=1S/C15H19N.C2H6/c1-4-6-10-13(5-2)15(16-3)14-11-8-7-9-12-14;1-2/h4-12,15-16H,1H2,2-3H3;1-2H3/b10-6-,13-5+;. The Morgan fingerprint density at radius 2 is 1.83 bits per heavy atom. The van der Waals surface area contributed by atoms with Crippen LogP contribution in [0.1, 0.15) is 32.4 Å². The molecule has 0 saturated heterocycles. The van der Waals surface area contributed by atoms with Gasteiger partial charge in [0.05, 0.1) is 6.04 Å². The Hall–Kier alpha value is -1.60. The highest BCUT2D eigenvalue weighted by Crippen LogP contribution is 2.21. The quantitative estimate of drug-likeness (QED) is 0.741. The first-order chi connectivity index (χ1) is 8.83. The average molecular weight is 243 g/mol. The first-order valence-corrected chi connectivity index (χ1v) is 6.51. The highest BCUT2D eigenvalue weighted by Gasteiger charge is 2.10. The number of benzene rings is 1. The molecular formula is C17H25N. The summed E-state index contributed by atoms with van der Waals surface area (Å²) in [7, 11) is 1.98. The van der Waals surface area contributed by atoms with Crippen LogP contribution in [0.5, 0.6) is 0 Å². The Balaban J connectivity index is 0.00000137. The Bertz CT molecular complexity index is 374. The fraction of sp³-hybridized carbons (Fsp3) is 0.294. The SMILES string of the molecule is C=C/C=C\C(=C/C)C(NC)c1ccccc1.CC. The van der Waals surface area contributed by atoms with Crippen LogP contribution in [0.3, 0.4) is 0 Å². The molecule has 0 aromatic heterocycles. The van der Waals surface area contributed by atoms with E-state index in [0.29, 0.717) is 0 Å². The maximum absolute atomic E-state index is 3.69. The van der Waals surface area contributed by atoms with E-state index in [-0.39, 0.29) is 6.04 Å². The van der Waals surface area contributed by atoms with Gasteiger partial charge in [0.1, 0.15) is 0 Å². The predicted molar refractivity (Wildman–Crippen MR) is 82.7 cm³/mol. The molecule has 1 N–H and O–H groups in total. The molecule has 1 rings (SSSR count). The second kappa shape index (κ2) is 10.5. The highest BCUT2D eigenvalue weighted by molar-refractivity contribution is 5.34. The van der Waals surface area contributed by atoms with E-state index >= 15 is 0 Å². The van der Waals surface area contributed by atoms with E-state index in [4.69, 9.17) is 0 Å². The third-order valence-corrected chi connectivity index (χ3v) is 2.51. The van der Waals surface area contributed by atoms with Crippen LogP contribution >= 0.6 is 0 Å². The van der Waals surface area contributed by atoms with Gasteiger partial charge in [-0.3, -0.25) is 0 Å². The number of hydrogen-bond acceptors (Lipinski definition) is 1. The first kappa shape index (κ1) is 16.4. The molecule has 0 spiro atoms. The topological polar surface area (TPSA) is 12.0 Å². The van der Waals surface area contributed by atoms with E-state index in [9.17, 15) is 0 Å². The number of rotatable bonds is 5. The zero-order valence-corrected chi connectivity index (χ0v) is 12.0. The molecule has 0 aliphatic rings. The van der Waals surface area contributed by atoms with Gasteiger partial charge in [0, 0.05) is 0 Å². The number of allylic oxidation sites excluding steroid dienone is 3. The predicted octanol–water partition coefficient (Wildman–Crippen LogP) is 4.66. The van der Waals surface area contributed by atoms with Gasteiger partial charge < -0.3 is 5.32 Å². The van der Waals surface area contributed by atoms with E-state index in [1.165, 1.54) is 11.1 Å². The van der Waals surface area contributed by atoms with Crippen molar-refractivity contribution in [1.29, 1.82) is 0 Å². The lowest BCUT2D eigenvalue weighted by atomic mass is 9.98. The van der Waals surface area contributed by atoms with E-state index in [1.54, 1.807) is 6.08 Å². The van der Waals surface area contributed by atoms with Crippen molar-refractivity contribution in [2.24, 2.45) is 0 Å². The molecule has 1 nitrogen and oxygen atoms in total. The molecule has 0 heterocycles. The van der Waals surface area contributed by atoms with E-state index < -0.39 is 0 Å². The third-order valence-electron chi connectivity index (χ3n) is 2.51. The molecule has 0 fully saturated rings. The lowest BCUT2D eigenvalue weighted by molar-refractivity contribution is 0.689. The van der Waals surface area contributed by atoms with Crippen molar-refractivity contribution >= 4 is 0 Å². The van der Waals surface area contributed by atoms with E-state index in [0.717, 1.165) is 0 Å². The van der Waals surface area contributed by atoms with Gasteiger partial charge in [-0.1, -0.05) is 75.1 Å². The molecule has 0 saturated carbocycles. The summed E-state index contributed by atoms with van der Waals surface area (Å²) < 4.78 is 0. The minimum Gasteiger partial charge on any atom is -0.309 e. The van der Waals surface area contributed by atoms with Crippen LogP contribution in [0.2, 0.25) is 0 Å². The summed E-state index contributed by atoms with van der Waals surface area (Å²) in [5, 5.41) is 3.32. The van der Waals surface area contributed by atoms with Gasteiger partial charge in [0.25, 0.3) is 0 Å². The molecule has 0 bridgehead atoms. The van der Waals surface area contributed by atoms with Gasteiger partial charge in [-0.05, 0) is 25.1 Å². The van der Waals surface area contributed by atoms with Crippen LogP contribution in [-0.2, 0) is 0 Å². The van der Waals surface area contributed by atoms with Crippen LogP contribution < -0.4 is 5.32 Å². The second-order valence-electron chi connectivity index (χ2n) is 3.52. The normalized spacial score (nSPS) is 12.8. The summed E-state index contributed by atoms with van der Waals surface area (Å²) in [4.78, 5) is 0. The third kappa shape index (κ3) is 5.15. The maximum Gasteiger partial charge on any atom is 0.0571 e. The summed E-state index contributed by atoms with van der Waals surface area (Å²) in [6.07, 6.45) is 7.96. The van der Waals surface area contributed by atoms with Crippen molar-refractivity contribution in [2.45, 2.75) is 26.8 Å². The highest BCUT2D eigenvalue weighted by atomic mass is 14.9. The smallest absolute Gasteiger partial charge is 0.0571 e. The van der Waals surface area contributed by atoms with E-state index in [1.807, 2.05) is 33.0 Å². The Morgan fingerprint density at radius 3 is 2.28 bits per heavy atom. The lowest BCUT2D eigenvalue weighted by Gasteiger charge is -2.17. The van der Waals surface area contributed by atoms with Gasteiger partial charge in [-0.2, -0.15) is 0 Å². The minimum absolute atomic E-state index is 0.238. The van der Waals surface area contributed by atoms with Gasteiger partial charge in [0.2, 0.25) is 0 Å². The van der Waals surface area contributed by atoms with Gasteiger partial charge in [-0.15, -0.1) is 0 Å². The van der Waals surface area contributed by atoms with Crippen molar-refractivity contribution in [2.75, 3.05) is 7.05 Å². The molecule has 1 atom stereocenters. The number of likely N-dealkylation sites (N-methyl/N-ethyl adjacent to an activating group) is 1. The van der Waals surface area contributed by atoms with Crippen LogP contribution in [0, 0.1) is 0 Å². The summed E-state index contributed by atoms with van der Waals surface area (Å²) in [5.74, 6) is 0. The van der Waals surface area contributed by atoms with Crippen molar-refractivity contribution < 1.29 is 0 Å². The summed E-state index contributed by atoms with van der Waals surface area (Å²) >= 11 is 0. The van der Waals surface area contributed by atoms with Crippen LogP contribution in [0.4, 0.5) is 0 Å². The Kier molecular flexibility index (Phi) is 9.61. The molecular weight excluding hydrogens is 218 g/mol. The van der Waals surface area contributed by atoms with Crippen LogP contribution in [0.25, 0.3) is 0 Å². The molecule has 1 aromatic rings. The Labute approximate surface area is 112 Å². The fourth-order valence-corrected chi connectivity index (χ4v) is 1.71. The van der Waals surface area contributed by atoms with Crippen molar-refractivity contribution in [3.63, 3.8) is 0 Å². The second-order valence-corrected chi connectivity index (χ2v) is 3.52. The monoisotopic (exact) mass is 243 g/mol. The molecule has 1 heteroatoms. The molecule has 1 unspecified atom stereocenters. The van der Waals surface area contributed by atoms with Crippen molar-refractivity contribution in [3.05, 3.63) is 72.4 Å². The summed E-state index contributed by atoms with van der Waals surface area (Å²) in [6, 6.07) is 10.7. The van der Waals surface area contributed by atoms with Crippen LogP contribution in [-0.4, -0.2) is 7.05 Å². The Morgan fingerprint density at radius 1 is 1.22 bits per heavy atom. The first-order valence-electron chi connectivity index (χ1n) is 6.51. The lowest BCUT2D eigenvalue weighted by Crippen LogP contribution is -2.17. The molecule has 0 aliphatic heterocycles. The molecule has 18 heavy (non-hydrogen) atoms. The number of hydrogen-bond donors (Lipinski definition) is 1. The van der Waals surface area contributed by atoms with Crippen LogP contribution in [0.15, 0.2) is 66.8 Å². The molecule has 0 aliphatic carbocycles. The van der Waals surface area contributed by atoms with Crippen molar-refractivity contribution in [1.82, 2.24) is 5.32 Å². The van der Waals surface area contributed by atoms with Gasteiger partial charge in [0.15, 0.2) is 0 Å². The minimum atomic E-state index is 0.238.